The first kappa shape index (κ1) is 14.9. The van der Waals surface area contributed by atoms with Gasteiger partial charge < -0.3 is 4.12 Å². The van der Waals surface area contributed by atoms with E-state index in [0.29, 0.717) is 0 Å². The maximum Gasteiger partial charge on any atom is 0.232 e. The fraction of sp³-hybridized carbons (Fsp3) is 0.667. The van der Waals surface area contributed by atoms with Crippen molar-refractivity contribution >= 4 is 16.6 Å². The van der Waals surface area contributed by atoms with E-state index >= 15 is 0 Å². The van der Waals surface area contributed by atoms with E-state index in [4.69, 9.17) is 4.12 Å². The van der Waals surface area contributed by atoms with Crippen LogP contribution >= 0.6 is 0 Å². The Hall–Kier alpha value is -0.126. The predicted octanol–water partition coefficient (Wildman–Crippen LogP) is 4.42. The van der Waals surface area contributed by atoms with Crippen LogP contribution in [-0.4, -0.2) is 16.6 Å². The molecule has 1 unspecified atom stereocenters. The van der Waals surface area contributed by atoms with E-state index in [-0.39, 0.29) is 0 Å². The summed E-state index contributed by atoms with van der Waals surface area (Å²) in [5, 5.41) is 2.65. The molecule has 1 atom stereocenters. The van der Waals surface area contributed by atoms with E-state index in [1.165, 1.54) is 16.0 Å². The Bertz CT molecular complexity index is 282. The van der Waals surface area contributed by atoms with Gasteiger partial charge in [-0.1, -0.05) is 16.0 Å². The molecule has 0 fully saturated rings. The van der Waals surface area contributed by atoms with Crippen molar-refractivity contribution in [2.24, 2.45) is 0 Å². The standard InChI is InChI=1S/C12H26OSi2/c1-10(2)12(5)15(9,11(3)4)13-14(6,7)8/h3H2,1-2,4-9H3. The minimum absolute atomic E-state index is 1.23. The summed E-state index contributed by atoms with van der Waals surface area (Å²) in [5.74, 6) is 0. The van der Waals surface area contributed by atoms with E-state index < -0.39 is 16.6 Å². The summed E-state index contributed by atoms with van der Waals surface area (Å²) in [6, 6.07) is 0. The maximum absolute atomic E-state index is 6.43. The number of allylic oxidation sites excluding steroid dienone is 3. The van der Waals surface area contributed by atoms with Crippen LogP contribution in [0.25, 0.3) is 0 Å². The Labute approximate surface area is 97.5 Å². The maximum atomic E-state index is 6.43. The van der Waals surface area contributed by atoms with E-state index in [1.807, 2.05) is 0 Å². The van der Waals surface area contributed by atoms with Crippen molar-refractivity contribution in [3.8, 4) is 0 Å². The summed E-state index contributed by atoms with van der Waals surface area (Å²) in [4.78, 5) is 0. The van der Waals surface area contributed by atoms with E-state index in [9.17, 15) is 0 Å². The molecule has 0 aromatic carbocycles. The molecule has 0 aliphatic heterocycles. The predicted molar refractivity (Wildman–Crippen MR) is 74.9 cm³/mol. The molecule has 0 aliphatic carbocycles. The molecule has 3 heteroatoms. The van der Waals surface area contributed by atoms with Crippen molar-refractivity contribution in [3.05, 3.63) is 22.5 Å². The van der Waals surface area contributed by atoms with Crippen LogP contribution in [0.15, 0.2) is 22.5 Å². The monoisotopic (exact) mass is 242 g/mol. The zero-order valence-electron chi connectivity index (χ0n) is 11.6. The highest BCUT2D eigenvalue weighted by atomic mass is 28.4. The average Bonchev–Trinajstić information content (AvgIpc) is 1.99. The second-order valence-corrected chi connectivity index (χ2v) is 14.4. The van der Waals surface area contributed by atoms with Crippen molar-refractivity contribution in [3.63, 3.8) is 0 Å². The molecular weight excluding hydrogens is 216 g/mol. The molecule has 0 aromatic heterocycles. The van der Waals surface area contributed by atoms with Crippen molar-refractivity contribution < 1.29 is 4.12 Å². The number of hydrogen-bond acceptors (Lipinski definition) is 1. The van der Waals surface area contributed by atoms with Gasteiger partial charge in [0.2, 0.25) is 8.32 Å². The van der Waals surface area contributed by atoms with Crippen LogP contribution in [0.5, 0.6) is 0 Å². The molecule has 0 spiro atoms. The Balaban J connectivity index is 5.29. The molecule has 0 aliphatic rings. The zero-order valence-corrected chi connectivity index (χ0v) is 13.6. The van der Waals surface area contributed by atoms with Gasteiger partial charge in [0.05, 0.1) is 0 Å². The lowest BCUT2D eigenvalue weighted by Gasteiger charge is -2.36. The topological polar surface area (TPSA) is 9.23 Å². The van der Waals surface area contributed by atoms with Gasteiger partial charge in [-0.3, -0.25) is 0 Å². The van der Waals surface area contributed by atoms with Gasteiger partial charge >= 0.3 is 0 Å². The molecule has 0 saturated carbocycles. The number of rotatable bonds is 4. The smallest absolute Gasteiger partial charge is 0.232 e. The lowest BCUT2D eigenvalue weighted by atomic mass is 10.3. The lowest BCUT2D eigenvalue weighted by Crippen LogP contribution is -2.47. The Kier molecular flexibility index (Phi) is 4.77. The van der Waals surface area contributed by atoms with Crippen LogP contribution in [-0.2, 0) is 4.12 Å². The third kappa shape index (κ3) is 4.09. The highest BCUT2D eigenvalue weighted by Crippen LogP contribution is 2.29. The van der Waals surface area contributed by atoms with Gasteiger partial charge in [0, 0.05) is 0 Å². The van der Waals surface area contributed by atoms with Crippen LogP contribution < -0.4 is 0 Å². The summed E-state index contributed by atoms with van der Waals surface area (Å²) < 4.78 is 6.43. The molecular formula is C12H26OSi2. The molecule has 0 N–H and O–H groups in total. The molecule has 0 saturated heterocycles. The zero-order chi connectivity index (χ0) is 12.4. The van der Waals surface area contributed by atoms with Gasteiger partial charge in [0.15, 0.2) is 8.32 Å². The minimum Gasteiger partial charge on any atom is -0.450 e. The fourth-order valence-electron chi connectivity index (χ4n) is 1.57. The summed E-state index contributed by atoms with van der Waals surface area (Å²) in [6.07, 6.45) is 0. The molecule has 0 amide bonds. The highest BCUT2D eigenvalue weighted by Gasteiger charge is 2.37. The minimum atomic E-state index is -1.88. The van der Waals surface area contributed by atoms with Crippen molar-refractivity contribution in [2.75, 3.05) is 0 Å². The van der Waals surface area contributed by atoms with Crippen LogP contribution in [0.2, 0.25) is 26.2 Å². The van der Waals surface area contributed by atoms with Crippen LogP contribution in [0.1, 0.15) is 27.7 Å². The van der Waals surface area contributed by atoms with Gasteiger partial charge in [0.1, 0.15) is 0 Å². The van der Waals surface area contributed by atoms with Crippen LogP contribution in [0.3, 0.4) is 0 Å². The summed E-state index contributed by atoms with van der Waals surface area (Å²) in [7, 11) is -3.38. The molecule has 0 bridgehead atoms. The Morgan fingerprint density at radius 3 is 1.53 bits per heavy atom. The summed E-state index contributed by atoms with van der Waals surface area (Å²) >= 11 is 0. The first-order chi connectivity index (χ1) is 6.50. The third-order valence-corrected chi connectivity index (χ3v) is 10.4. The van der Waals surface area contributed by atoms with E-state index in [0.717, 1.165) is 0 Å². The van der Waals surface area contributed by atoms with Crippen LogP contribution in [0, 0.1) is 0 Å². The summed E-state index contributed by atoms with van der Waals surface area (Å²) in [6.45, 7) is 21.8. The highest BCUT2D eigenvalue weighted by molar-refractivity contribution is 6.93. The fourth-order valence-corrected chi connectivity index (χ4v) is 9.38. The third-order valence-electron chi connectivity index (χ3n) is 2.79. The quantitative estimate of drug-likeness (QED) is 0.663. The molecule has 0 aromatic rings. The SMILES string of the molecule is C=C(C)[Si](C)(O[Si](C)(C)C)C(C)=C(C)C. The van der Waals surface area contributed by atoms with Crippen molar-refractivity contribution in [2.45, 2.75) is 53.9 Å². The second kappa shape index (κ2) is 4.81. The van der Waals surface area contributed by atoms with E-state index in [2.05, 4.69) is 60.5 Å². The van der Waals surface area contributed by atoms with Gasteiger partial charge in [-0.25, -0.2) is 0 Å². The largest absolute Gasteiger partial charge is 0.450 e. The van der Waals surface area contributed by atoms with Crippen molar-refractivity contribution in [1.82, 2.24) is 0 Å². The van der Waals surface area contributed by atoms with Gasteiger partial charge in [-0.15, -0.1) is 6.58 Å². The molecule has 1 nitrogen and oxygen atoms in total. The van der Waals surface area contributed by atoms with Gasteiger partial charge in [-0.05, 0) is 53.9 Å². The van der Waals surface area contributed by atoms with Gasteiger partial charge in [0.25, 0.3) is 0 Å². The molecule has 15 heavy (non-hydrogen) atoms. The van der Waals surface area contributed by atoms with Crippen molar-refractivity contribution in [1.29, 1.82) is 0 Å². The lowest BCUT2D eigenvalue weighted by molar-refractivity contribution is 0.561. The number of hydrogen-bond donors (Lipinski definition) is 0. The van der Waals surface area contributed by atoms with Gasteiger partial charge in [-0.2, -0.15) is 0 Å². The first-order valence-corrected chi connectivity index (χ1v) is 11.3. The second-order valence-electron chi connectivity index (χ2n) is 5.65. The molecule has 0 radical (unpaired) electrons. The molecule has 88 valence electrons. The molecule has 0 heterocycles. The Morgan fingerprint density at radius 1 is 0.933 bits per heavy atom. The molecule has 0 rings (SSSR count). The summed E-state index contributed by atoms with van der Waals surface area (Å²) in [5.41, 5.74) is 1.38. The van der Waals surface area contributed by atoms with E-state index in [1.54, 1.807) is 0 Å². The normalized spacial score (nSPS) is 15.7. The average molecular weight is 243 g/mol. The first-order valence-electron chi connectivity index (χ1n) is 5.51. The van der Waals surface area contributed by atoms with Crippen LogP contribution in [0.4, 0.5) is 0 Å². The Morgan fingerprint density at radius 2 is 1.33 bits per heavy atom.